The molecule has 0 aromatic carbocycles. The molecule has 156 valence electrons. The Labute approximate surface area is 169 Å². The number of likely N-dealkylation sites (N-methyl/N-ethyl adjacent to an activating group) is 1. The quantitative estimate of drug-likeness (QED) is 0.743. The molecule has 2 N–H and O–H groups in total. The Morgan fingerprint density at radius 1 is 1.14 bits per heavy atom. The molecule has 2 heterocycles. The Kier molecular flexibility index (Phi) is 7.62. The molecule has 0 spiro atoms. The largest absolute Gasteiger partial charge is 0.363 e. The molecule has 28 heavy (non-hydrogen) atoms. The molecule has 0 bridgehead atoms. The van der Waals surface area contributed by atoms with Gasteiger partial charge >= 0.3 is 0 Å². The fourth-order valence-electron chi connectivity index (χ4n) is 4.17. The van der Waals surface area contributed by atoms with E-state index in [4.69, 9.17) is 9.97 Å². The average molecular weight is 389 g/mol. The molecule has 1 atom stereocenters. The standard InChI is InChI=1S/C21H36N6O/c1-26(2)19-12-18(24-21(25-19)16-8-7-11-22-13-16)14-27(3)15-20(28)23-17-9-5-4-6-10-17/h12,16-17,22H,4-11,13-15H2,1-3H3,(H,23,28). The van der Waals surface area contributed by atoms with E-state index >= 15 is 0 Å². The smallest absolute Gasteiger partial charge is 0.234 e. The summed E-state index contributed by atoms with van der Waals surface area (Å²) in [6.07, 6.45) is 8.28. The van der Waals surface area contributed by atoms with Gasteiger partial charge in [0.1, 0.15) is 11.6 Å². The highest BCUT2D eigenvalue weighted by Crippen LogP contribution is 2.23. The van der Waals surface area contributed by atoms with E-state index in [0.717, 1.165) is 56.1 Å². The Morgan fingerprint density at radius 2 is 1.93 bits per heavy atom. The predicted octanol–water partition coefficient (Wildman–Crippen LogP) is 1.89. The molecule has 1 aromatic heterocycles. The maximum Gasteiger partial charge on any atom is 0.234 e. The number of anilines is 1. The second-order valence-corrected chi connectivity index (χ2v) is 8.59. The maximum atomic E-state index is 12.4. The molecule has 2 aliphatic rings. The van der Waals surface area contributed by atoms with Crippen molar-refractivity contribution in [2.75, 3.05) is 45.7 Å². The van der Waals surface area contributed by atoms with E-state index in [9.17, 15) is 4.79 Å². The van der Waals surface area contributed by atoms with Crippen molar-refractivity contribution in [2.45, 2.75) is 63.5 Å². The van der Waals surface area contributed by atoms with Crippen LogP contribution in [0.4, 0.5) is 5.82 Å². The summed E-state index contributed by atoms with van der Waals surface area (Å²) in [5.41, 5.74) is 0.979. The molecule has 2 fully saturated rings. The van der Waals surface area contributed by atoms with Gasteiger partial charge < -0.3 is 15.5 Å². The Balaban J connectivity index is 1.61. The molecule has 7 nitrogen and oxygen atoms in total. The minimum Gasteiger partial charge on any atom is -0.363 e. The lowest BCUT2D eigenvalue weighted by Gasteiger charge is -2.25. The molecule has 7 heteroatoms. The molecular weight excluding hydrogens is 352 g/mol. The normalized spacial score (nSPS) is 20.9. The zero-order valence-corrected chi connectivity index (χ0v) is 17.7. The van der Waals surface area contributed by atoms with E-state index in [1.54, 1.807) is 0 Å². The van der Waals surface area contributed by atoms with Crippen LogP contribution in [-0.2, 0) is 11.3 Å². The number of piperidine rings is 1. The van der Waals surface area contributed by atoms with Crippen LogP contribution in [0.1, 0.15) is 62.4 Å². The van der Waals surface area contributed by atoms with Crippen molar-refractivity contribution in [1.82, 2.24) is 25.5 Å². The third-order valence-corrected chi connectivity index (χ3v) is 5.72. The monoisotopic (exact) mass is 388 g/mol. The minimum absolute atomic E-state index is 0.119. The van der Waals surface area contributed by atoms with E-state index in [2.05, 4.69) is 10.6 Å². The first kappa shape index (κ1) is 21.0. The van der Waals surface area contributed by atoms with Crippen molar-refractivity contribution < 1.29 is 4.79 Å². The number of nitrogens with zero attached hydrogens (tertiary/aromatic N) is 4. The molecule has 3 rings (SSSR count). The molecule has 1 aliphatic carbocycles. The third kappa shape index (κ3) is 6.14. The number of carbonyl (C=O) groups excluding carboxylic acids is 1. The highest BCUT2D eigenvalue weighted by atomic mass is 16.2. The van der Waals surface area contributed by atoms with Gasteiger partial charge in [0.25, 0.3) is 0 Å². The lowest BCUT2D eigenvalue weighted by Crippen LogP contribution is -2.41. The summed E-state index contributed by atoms with van der Waals surface area (Å²) in [6.45, 7) is 3.07. The number of amides is 1. The summed E-state index contributed by atoms with van der Waals surface area (Å²) >= 11 is 0. The van der Waals surface area contributed by atoms with E-state index < -0.39 is 0 Å². The molecule has 1 aliphatic heterocycles. The number of hydrogen-bond donors (Lipinski definition) is 2. The summed E-state index contributed by atoms with van der Waals surface area (Å²) in [5, 5.41) is 6.65. The van der Waals surface area contributed by atoms with Gasteiger partial charge in [-0.1, -0.05) is 19.3 Å². The molecule has 1 saturated heterocycles. The zero-order chi connectivity index (χ0) is 19.9. The summed E-state index contributed by atoms with van der Waals surface area (Å²) < 4.78 is 0. The van der Waals surface area contributed by atoms with Crippen molar-refractivity contribution in [2.24, 2.45) is 0 Å². The summed E-state index contributed by atoms with van der Waals surface area (Å²) in [7, 11) is 6.01. The Hall–Kier alpha value is -1.73. The first-order valence-corrected chi connectivity index (χ1v) is 10.7. The van der Waals surface area contributed by atoms with Crippen LogP contribution in [-0.4, -0.2) is 67.6 Å². The number of rotatable bonds is 7. The molecule has 0 radical (unpaired) electrons. The average Bonchev–Trinajstić information content (AvgIpc) is 2.69. The predicted molar refractivity (Wildman–Crippen MR) is 113 cm³/mol. The zero-order valence-electron chi connectivity index (χ0n) is 17.7. The van der Waals surface area contributed by atoms with Crippen LogP contribution in [0.2, 0.25) is 0 Å². The Bertz CT molecular complexity index is 638. The number of hydrogen-bond acceptors (Lipinski definition) is 6. The number of aromatic nitrogens is 2. The van der Waals surface area contributed by atoms with Crippen LogP contribution < -0.4 is 15.5 Å². The molecule has 1 unspecified atom stereocenters. The summed E-state index contributed by atoms with van der Waals surface area (Å²) in [4.78, 5) is 26.1. The van der Waals surface area contributed by atoms with Gasteiger partial charge in [0.05, 0.1) is 12.2 Å². The van der Waals surface area contributed by atoms with Gasteiger partial charge in [-0.05, 0) is 39.3 Å². The summed E-state index contributed by atoms with van der Waals surface area (Å²) in [5.74, 6) is 2.35. The maximum absolute atomic E-state index is 12.4. The molecule has 1 aromatic rings. The first-order chi connectivity index (χ1) is 13.5. The van der Waals surface area contributed by atoms with E-state index in [1.807, 2.05) is 37.0 Å². The lowest BCUT2D eigenvalue weighted by atomic mass is 9.95. The highest BCUT2D eigenvalue weighted by molar-refractivity contribution is 5.78. The van der Waals surface area contributed by atoms with Crippen LogP contribution in [0.15, 0.2) is 6.07 Å². The topological polar surface area (TPSA) is 73.4 Å². The van der Waals surface area contributed by atoms with Crippen molar-refractivity contribution in [1.29, 1.82) is 0 Å². The molecule has 1 saturated carbocycles. The van der Waals surface area contributed by atoms with Gasteiger partial charge in [-0.15, -0.1) is 0 Å². The second-order valence-electron chi connectivity index (χ2n) is 8.59. The van der Waals surface area contributed by atoms with E-state index in [1.165, 1.54) is 19.3 Å². The van der Waals surface area contributed by atoms with Crippen molar-refractivity contribution in [3.63, 3.8) is 0 Å². The van der Waals surface area contributed by atoms with Crippen LogP contribution >= 0.6 is 0 Å². The molecular formula is C21H36N6O. The van der Waals surface area contributed by atoms with Gasteiger partial charge in [0.15, 0.2) is 0 Å². The SMILES string of the molecule is CN(CC(=O)NC1CCCCC1)Cc1cc(N(C)C)nc(C2CCCNC2)n1. The summed E-state index contributed by atoms with van der Waals surface area (Å²) in [6, 6.07) is 2.40. The third-order valence-electron chi connectivity index (χ3n) is 5.72. The van der Waals surface area contributed by atoms with Crippen molar-refractivity contribution in [3.05, 3.63) is 17.6 Å². The Morgan fingerprint density at radius 3 is 2.61 bits per heavy atom. The van der Waals surface area contributed by atoms with Crippen molar-refractivity contribution in [3.8, 4) is 0 Å². The molecule has 1 amide bonds. The van der Waals surface area contributed by atoms with Gasteiger partial charge in [-0.3, -0.25) is 9.69 Å². The van der Waals surface area contributed by atoms with Crippen LogP contribution in [0.25, 0.3) is 0 Å². The van der Waals surface area contributed by atoms with Gasteiger partial charge in [-0.2, -0.15) is 0 Å². The van der Waals surface area contributed by atoms with Gasteiger partial charge in [-0.25, -0.2) is 9.97 Å². The highest BCUT2D eigenvalue weighted by Gasteiger charge is 2.21. The van der Waals surface area contributed by atoms with Crippen LogP contribution in [0.3, 0.4) is 0 Å². The van der Waals surface area contributed by atoms with Crippen LogP contribution in [0.5, 0.6) is 0 Å². The van der Waals surface area contributed by atoms with E-state index in [0.29, 0.717) is 25.0 Å². The minimum atomic E-state index is 0.119. The van der Waals surface area contributed by atoms with Crippen LogP contribution in [0, 0.1) is 0 Å². The number of carbonyl (C=O) groups is 1. The first-order valence-electron chi connectivity index (χ1n) is 10.7. The lowest BCUT2D eigenvalue weighted by molar-refractivity contribution is -0.123. The van der Waals surface area contributed by atoms with E-state index in [-0.39, 0.29) is 5.91 Å². The number of nitrogens with one attached hydrogen (secondary N) is 2. The van der Waals surface area contributed by atoms with Crippen molar-refractivity contribution >= 4 is 11.7 Å². The fraction of sp³-hybridized carbons (Fsp3) is 0.762. The second kappa shape index (κ2) is 10.2. The fourth-order valence-corrected chi connectivity index (χ4v) is 4.17. The van der Waals surface area contributed by atoms with Gasteiger partial charge in [0, 0.05) is 45.2 Å². The van der Waals surface area contributed by atoms with Gasteiger partial charge in [0.2, 0.25) is 5.91 Å².